The molecule has 2 N–H and O–H groups in total. The van der Waals surface area contributed by atoms with Gasteiger partial charge in [0.25, 0.3) is 0 Å². The standard InChI is InChI=1S/C23H19N3O/c24-16-20-21(22(27)25-20)26-23(17-10-4-1-5-11-17,18-12-6-2-7-13-18)19-14-8-3-9-15-19/h1-15,20-21,26H,(H,25,27). The first-order chi connectivity index (χ1) is 13.3. The van der Waals surface area contributed by atoms with Gasteiger partial charge in [0.2, 0.25) is 5.91 Å². The van der Waals surface area contributed by atoms with Gasteiger partial charge < -0.3 is 5.32 Å². The number of rotatable bonds is 5. The van der Waals surface area contributed by atoms with E-state index in [4.69, 9.17) is 0 Å². The molecule has 4 nitrogen and oxygen atoms in total. The Bertz CT molecular complexity index is 868. The second-order valence-electron chi connectivity index (χ2n) is 6.59. The zero-order valence-corrected chi connectivity index (χ0v) is 14.7. The maximum atomic E-state index is 12.2. The summed E-state index contributed by atoms with van der Waals surface area (Å²) in [6, 6.07) is 31.1. The predicted octanol–water partition coefficient (Wildman–Crippen LogP) is 2.96. The first-order valence-electron chi connectivity index (χ1n) is 8.90. The van der Waals surface area contributed by atoms with Crippen LogP contribution in [0.1, 0.15) is 16.7 Å². The molecule has 4 rings (SSSR count). The molecule has 3 aromatic rings. The minimum atomic E-state index is -0.749. The van der Waals surface area contributed by atoms with Gasteiger partial charge in [-0.05, 0) is 16.7 Å². The lowest BCUT2D eigenvalue weighted by atomic mass is 9.75. The van der Waals surface area contributed by atoms with E-state index >= 15 is 0 Å². The highest BCUT2D eigenvalue weighted by Crippen LogP contribution is 2.38. The van der Waals surface area contributed by atoms with Crippen LogP contribution >= 0.6 is 0 Å². The third-order valence-electron chi connectivity index (χ3n) is 5.05. The van der Waals surface area contributed by atoms with Crippen molar-refractivity contribution in [3.8, 4) is 6.07 Å². The number of amides is 1. The number of hydrogen-bond acceptors (Lipinski definition) is 3. The highest BCUT2D eigenvalue weighted by atomic mass is 16.2. The molecule has 4 heteroatoms. The number of carbonyl (C=O) groups excluding carboxylic acids is 1. The summed E-state index contributed by atoms with van der Waals surface area (Å²) in [4.78, 5) is 12.2. The number of hydrogen-bond donors (Lipinski definition) is 2. The Morgan fingerprint density at radius 3 is 1.52 bits per heavy atom. The van der Waals surface area contributed by atoms with Crippen LogP contribution in [0.5, 0.6) is 0 Å². The van der Waals surface area contributed by atoms with Crippen LogP contribution in [0, 0.1) is 11.3 Å². The van der Waals surface area contributed by atoms with Crippen molar-refractivity contribution < 1.29 is 4.79 Å². The summed E-state index contributed by atoms with van der Waals surface area (Å²) in [6.45, 7) is 0. The largest absolute Gasteiger partial charge is 0.337 e. The van der Waals surface area contributed by atoms with Crippen molar-refractivity contribution in [1.29, 1.82) is 5.26 Å². The van der Waals surface area contributed by atoms with E-state index in [2.05, 4.69) is 16.7 Å². The summed E-state index contributed by atoms with van der Waals surface area (Å²) < 4.78 is 0. The van der Waals surface area contributed by atoms with Crippen molar-refractivity contribution in [2.24, 2.45) is 0 Å². The topological polar surface area (TPSA) is 64.9 Å². The minimum absolute atomic E-state index is 0.159. The molecule has 1 fully saturated rings. The fraction of sp³-hybridized carbons (Fsp3) is 0.130. The number of nitriles is 1. The quantitative estimate of drug-likeness (QED) is 0.547. The van der Waals surface area contributed by atoms with Crippen LogP contribution in [0.2, 0.25) is 0 Å². The summed E-state index contributed by atoms with van der Waals surface area (Å²) in [5, 5.41) is 15.6. The monoisotopic (exact) mass is 353 g/mol. The summed E-state index contributed by atoms with van der Waals surface area (Å²) in [6.07, 6.45) is 0. The second-order valence-corrected chi connectivity index (χ2v) is 6.59. The average molecular weight is 353 g/mol. The molecule has 0 aromatic heterocycles. The molecule has 3 aromatic carbocycles. The van der Waals surface area contributed by atoms with E-state index in [9.17, 15) is 10.1 Å². The summed E-state index contributed by atoms with van der Waals surface area (Å²) in [5.41, 5.74) is 2.29. The van der Waals surface area contributed by atoms with Gasteiger partial charge in [-0.15, -0.1) is 0 Å². The van der Waals surface area contributed by atoms with Crippen LogP contribution in [0.4, 0.5) is 0 Å². The number of benzene rings is 3. The third kappa shape index (κ3) is 2.88. The van der Waals surface area contributed by atoms with Gasteiger partial charge in [-0.25, -0.2) is 0 Å². The van der Waals surface area contributed by atoms with E-state index in [-0.39, 0.29) is 5.91 Å². The molecule has 0 spiro atoms. The molecule has 132 valence electrons. The average Bonchev–Trinajstić information content (AvgIpc) is 2.74. The maximum absolute atomic E-state index is 12.2. The van der Waals surface area contributed by atoms with Crippen molar-refractivity contribution in [3.05, 3.63) is 108 Å². The Balaban J connectivity index is 1.95. The van der Waals surface area contributed by atoms with Gasteiger partial charge >= 0.3 is 0 Å². The number of carbonyl (C=O) groups is 1. The molecular formula is C23H19N3O. The van der Waals surface area contributed by atoms with E-state index in [0.29, 0.717) is 0 Å². The molecular weight excluding hydrogens is 334 g/mol. The molecule has 0 bridgehead atoms. The first kappa shape index (κ1) is 17.0. The van der Waals surface area contributed by atoms with Gasteiger partial charge in [0.05, 0.1) is 11.6 Å². The van der Waals surface area contributed by atoms with Crippen molar-refractivity contribution in [1.82, 2.24) is 10.6 Å². The molecule has 0 aliphatic carbocycles. The van der Waals surface area contributed by atoms with E-state index in [1.807, 2.05) is 91.0 Å². The van der Waals surface area contributed by atoms with Crippen LogP contribution in [0.3, 0.4) is 0 Å². The molecule has 27 heavy (non-hydrogen) atoms. The van der Waals surface area contributed by atoms with Gasteiger partial charge in [-0.2, -0.15) is 5.26 Å². The van der Waals surface area contributed by atoms with Crippen LogP contribution < -0.4 is 10.6 Å². The Kier molecular flexibility index (Phi) is 4.45. The van der Waals surface area contributed by atoms with Crippen molar-refractivity contribution in [2.75, 3.05) is 0 Å². The Morgan fingerprint density at radius 2 is 1.19 bits per heavy atom. The zero-order valence-electron chi connectivity index (χ0n) is 14.7. The maximum Gasteiger partial charge on any atom is 0.241 e. The first-order valence-corrected chi connectivity index (χ1v) is 8.90. The number of nitrogens with one attached hydrogen (secondary N) is 2. The predicted molar refractivity (Wildman–Crippen MR) is 104 cm³/mol. The molecule has 1 amide bonds. The second kappa shape index (κ2) is 7.06. The van der Waals surface area contributed by atoms with E-state index < -0.39 is 17.6 Å². The molecule has 0 saturated carbocycles. The number of β-lactam (4-membered cyclic amide) rings is 1. The molecule has 0 radical (unpaired) electrons. The lowest BCUT2D eigenvalue weighted by Gasteiger charge is -2.44. The van der Waals surface area contributed by atoms with E-state index in [0.717, 1.165) is 16.7 Å². The Labute approximate surface area is 158 Å². The fourth-order valence-corrected chi connectivity index (χ4v) is 3.68. The van der Waals surface area contributed by atoms with Gasteiger partial charge in [-0.3, -0.25) is 10.1 Å². The molecule has 1 saturated heterocycles. The third-order valence-corrected chi connectivity index (χ3v) is 5.05. The van der Waals surface area contributed by atoms with Gasteiger partial charge in [0.15, 0.2) is 0 Å². The Hall–Kier alpha value is -3.42. The van der Waals surface area contributed by atoms with E-state index in [1.165, 1.54) is 0 Å². The molecule has 2 unspecified atom stereocenters. The summed E-state index contributed by atoms with van der Waals surface area (Å²) in [7, 11) is 0. The van der Waals surface area contributed by atoms with Crippen molar-refractivity contribution in [2.45, 2.75) is 17.6 Å². The van der Waals surface area contributed by atoms with Crippen LogP contribution in [0.15, 0.2) is 91.0 Å². The lowest BCUT2D eigenvalue weighted by Crippen LogP contribution is -2.71. The summed E-state index contributed by atoms with van der Waals surface area (Å²) in [5.74, 6) is -0.159. The van der Waals surface area contributed by atoms with Gasteiger partial charge in [-0.1, -0.05) is 91.0 Å². The van der Waals surface area contributed by atoms with Crippen molar-refractivity contribution >= 4 is 5.91 Å². The molecule has 2 atom stereocenters. The van der Waals surface area contributed by atoms with Crippen LogP contribution in [-0.4, -0.2) is 18.0 Å². The van der Waals surface area contributed by atoms with Crippen molar-refractivity contribution in [3.63, 3.8) is 0 Å². The zero-order chi connectivity index (χ0) is 18.7. The molecule has 1 heterocycles. The highest BCUT2D eigenvalue weighted by Gasteiger charge is 2.47. The number of nitrogens with zero attached hydrogens (tertiary/aromatic N) is 1. The normalized spacial score (nSPS) is 18.9. The SMILES string of the molecule is N#CC1NC(=O)C1NC(c1ccccc1)(c1ccccc1)c1ccccc1. The smallest absolute Gasteiger partial charge is 0.241 e. The van der Waals surface area contributed by atoms with E-state index in [1.54, 1.807) is 0 Å². The van der Waals surface area contributed by atoms with Crippen LogP contribution in [-0.2, 0) is 10.3 Å². The van der Waals surface area contributed by atoms with Gasteiger partial charge in [0, 0.05) is 0 Å². The molecule has 1 aliphatic rings. The Morgan fingerprint density at radius 1 is 0.778 bits per heavy atom. The lowest BCUT2D eigenvalue weighted by molar-refractivity contribution is -0.130. The molecule has 1 aliphatic heterocycles. The fourth-order valence-electron chi connectivity index (χ4n) is 3.68. The summed E-state index contributed by atoms with van der Waals surface area (Å²) >= 11 is 0. The minimum Gasteiger partial charge on any atom is -0.337 e. The highest BCUT2D eigenvalue weighted by molar-refractivity contribution is 5.90. The van der Waals surface area contributed by atoms with Crippen LogP contribution in [0.25, 0.3) is 0 Å². The van der Waals surface area contributed by atoms with Gasteiger partial charge in [0.1, 0.15) is 12.1 Å².